The van der Waals surface area contributed by atoms with Crippen molar-refractivity contribution >= 4 is 35.1 Å². The number of hydrogen-bond donors (Lipinski definition) is 3. The smallest absolute Gasteiger partial charge is 0.409 e. The van der Waals surface area contributed by atoms with Crippen molar-refractivity contribution < 1.29 is 19.4 Å². The van der Waals surface area contributed by atoms with E-state index in [1.807, 2.05) is 24.3 Å². The van der Waals surface area contributed by atoms with Crippen molar-refractivity contribution in [3.05, 3.63) is 59.1 Å². The summed E-state index contributed by atoms with van der Waals surface area (Å²) in [6, 6.07) is 13.8. The third-order valence-corrected chi connectivity index (χ3v) is 5.11. The van der Waals surface area contributed by atoms with Crippen LogP contribution in [0.2, 0.25) is 5.02 Å². The molecule has 3 amide bonds. The van der Waals surface area contributed by atoms with Crippen molar-refractivity contribution in [3.63, 3.8) is 0 Å². The molecule has 0 aromatic heterocycles. The molecule has 7 nitrogen and oxygen atoms in total. The fraction of sp³-hybridized carbons (Fsp3) is 0.333. The number of halogens is 1. The zero-order valence-electron chi connectivity index (χ0n) is 16.3. The van der Waals surface area contributed by atoms with Gasteiger partial charge in [-0.25, -0.2) is 9.59 Å². The predicted molar refractivity (Wildman–Crippen MR) is 113 cm³/mol. The Bertz CT molecular complexity index is 868. The van der Waals surface area contributed by atoms with Crippen LogP contribution in [0.25, 0.3) is 0 Å². The van der Waals surface area contributed by atoms with Crippen molar-refractivity contribution in [2.24, 2.45) is 0 Å². The Balaban J connectivity index is 1.52. The lowest BCUT2D eigenvalue weighted by Crippen LogP contribution is -2.47. The lowest BCUT2D eigenvalue weighted by molar-refractivity contribution is -0.0421. The Hall–Kier alpha value is -2.77. The summed E-state index contributed by atoms with van der Waals surface area (Å²) in [6.45, 7) is 3.91. The average Bonchev–Trinajstić information content (AvgIpc) is 2.97. The zero-order chi connectivity index (χ0) is 21.0. The van der Waals surface area contributed by atoms with Crippen molar-refractivity contribution in [2.75, 3.05) is 17.2 Å². The lowest BCUT2D eigenvalue weighted by atomic mass is 10.0. The van der Waals surface area contributed by atoms with Crippen LogP contribution in [0.3, 0.4) is 0 Å². The number of aryl methyl sites for hydroxylation is 1. The number of urea groups is 1. The molecule has 1 heterocycles. The van der Waals surface area contributed by atoms with E-state index in [0.29, 0.717) is 35.8 Å². The quantitative estimate of drug-likeness (QED) is 0.636. The molecule has 0 unspecified atom stereocenters. The van der Waals surface area contributed by atoms with Gasteiger partial charge in [0.25, 0.3) is 0 Å². The maximum absolute atomic E-state index is 12.1. The van der Waals surface area contributed by atoms with Crippen LogP contribution in [0.1, 0.15) is 25.8 Å². The fourth-order valence-corrected chi connectivity index (χ4v) is 3.52. The summed E-state index contributed by atoms with van der Waals surface area (Å²) in [5.74, 6) is 0. The SMILES string of the molecule is CC1(C)OC[C@H](CCc2ccc(NC(=O)Nc3ccc(Cl)cc3)cc2)N1C(=O)O. The Kier molecular flexibility index (Phi) is 6.30. The highest BCUT2D eigenvalue weighted by Crippen LogP contribution is 2.29. The summed E-state index contributed by atoms with van der Waals surface area (Å²) in [5.41, 5.74) is 1.57. The van der Waals surface area contributed by atoms with E-state index in [-0.39, 0.29) is 12.1 Å². The minimum atomic E-state index is -0.969. The summed E-state index contributed by atoms with van der Waals surface area (Å²) in [5, 5.41) is 15.6. The van der Waals surface area contributed by atoms with Crippen molar-refractivity contribution in [2.45, 2.75) is 38.5 Å². The van der Waals surface area contributed by atoms with Crippen LogP contribution in [0.4, 0.5) is 21.0 Å². The first-order chi connectivity index (χ1) is 13.7. The minimum Gasteiger partial charge on any atom is -0.465 e. The first-order valence-electron chi connectivity index (χ1n) is 9.33. The Morgan fingerprint density at radius 3 is 2.21 bits per heavy atom. The van der Waals surface area contributed by atoms with E-state index in [4.69, 9.17) is 16.3 Å². The molecule has 2 aromatic rings. The van der Waals surface area contributed by atoms with Gasteiger partial charge < -0.3 is 20.5 Å². The van der Waals surface area contributed by atoms with Crippen molar-refractivity contribution in [3.8, 4) is 0 Å². The number of rotatable bonds is 5. The van der Waals surface area contributed by atoms with Crippen LogP contribution in [0, 0.1) is 0 Å². The monoisotopic (exact) mass is 417 g/mol. The third kappa shape index (κ3) is 5.40. The van der Waals surface area contributed by atoms with Crippen LogP contribution >= 0.6 is 11.6 Å². The largest absolute Gasteiger partial charge is 0.465 e. The average molecular weight is 418 g/mol. The Labute approximate surface area is 174 Å². The van der Waals surface area contributed by atoms with Crippen molar-refractivity contribution in [1.82, 2.24) is 4.90 Å². The van der Waals surface area contributed by atoms with E-state index < -0.39 is 11.8 Å². The normalized spacial score (nSPS) is 17.8. The number of nitrogens with one attached hydrogen (secondary N) is 2. The number of carbonyl (C=O) groups is 2. The molecule has 2 aromatic carbocycles. The van der Waals surface area contributed by atoms with Gasteiger partial charge in [0, 0.05) is 16.4 Å². The number of carbonyl (C=O) groups excluding carboxylic acids is 1. The molecule has 8 heteroatoms. The molecule has 0 bridgehead atoms. The molecule has 0 radical (unpaired) electrons. The molecule has 3 rings (SSSR count). The molecule has 0 aliphatic carbocycles. The van der Waals surface area contributed by atoms with Gasteiger partial charge in [-0.05, 0) is 68.7 Å². The predicted octanol–water partition coefficient (Wildman–Crippen LogP) is 5.03. The number of ether oxygens (including phenoxy) is 1. The van der Waals surface area contributed by atoms with Gasteiger partial charge in [-0.3, -0.25) is 4.90 Å². The van der Waals surface area contributed by atoms with Gasteiger partial charge in [0.1, 0.15) is 5.72 Å². The highest BCUT2D eigenvalue weighted by Gasteiger charge is 2.43. The fourth-order valence-electron chi connectivity index (χ4n) is 3.40. The summed E-state index contributed by atoms with van der Waals surface area (Å²) in [4.78, 5) is 25.0. The van der Waals surface area contributed by atoms with Gasteiger partial charge in [0.2, 0.25) is 0 Å². The number of nitrogens with zero attached hydrogens (tertiary/aromatic N) is 1. The summed E-state index contributed by atoms with van der Waals surface area (Å²) < 4.78 is 5.62. The van der Waals surface area contributed by atoms with E-state index in [9.17, 15) is 14.7 Å². The van der Waals surface area contributed by atoms with Gasteiger partial charge in [-0.15, -0.1) is 0 Å². The number of hydrogen-bond acceptors (Lipinski definition) is 3. The van der Waals surface area contributed by atoms with Gasteiger partial charge in [0.05, 0.1) is 12.6 Å². The third-order valence-electron chi connectivity index (χ3n) is 4.86. The van der Waals surface area contributed by atoms with Crippen LogP contribution in [0.15, 0.2) is 48.5 Å². The Morgan fingerprint density at radius 2 is 1.66 bits per heavy atom. The molecular weight excluding hydrogens is 394 g/mol. The molecule has 154 valence electrons. The maximum atomic E-state index is 12.1. The molecule has 1 atom stereocenters. The second-order valence-electron chi connectivity index (χ2n) is 7.39. The van der Waals surface area contributed by atoms with Gasteiger partial charge >= 0.3 is 12.1 Å². The summed E-state index contributed by atoms with van der Waals surface area (Å²) in [7, 11) is 0. The molecule has 1 fully saturated rings. The van der Waals surface area contributed by atoms with Crippen LogP contribution in [-0.2, 0) is 11.2 Å². The summed E-state index contributed by atoms with van der Waals surface area (Å²) in [6.07, 6.45) is 0.411. The number of benzene rings is 2. The van der Waals surface area contributed by atoms with E-state index in [1.165, 1.54) is 4.90 Å². The second-order valence-corrected chi connectivity index (χ2v) is 7.82. The molecule has 0 saturated carbocycles. The van der Waals surface area contributed by atoms with E-state index in [1.54, 1.807) is 38.1 Å². The molecule has 1 aliphatic heterocycles. The number of amides is 3. The number of carboxylic acid groups (broad SMARTS) is 1. The lowest BCUT2D eigenvalue weighted by Gasteiger charge is -2.30. The molecular formula is C21H24ClN3O4. The summed E-state index contributed by atoms with van der Waals surface area (Å²) >= 11 is 5.83. The van der Waals surface area contributed by atoms with Gasteiger partial charge in [0.15, 0.2) is 0 Å². The number of anilines is 2. The van der Waals surface area contributed by atoms with E-state index in [0.717, 1.165) is 5.56 Å². The van der Waals surface area contributed by atoms with Crippen LogP contribution in [0.5, 0.6) is 0 Å². The first kappa shape index (κ1) is 21.0. The van der Waals surface area contributed by atoms with Crippen LogP contribution in [-0.4, -0.2) is 40.5 Å². The standard InChI is InChI=1S/C21H24ClN3O4/c1-21(2)25(20(27)28)18(13-29-21)12-5-14-3-8-16(9-4-14)23-19(26)24-17-10-6-15(22)7-11-17/h3-4,6-11,18H,5,12-13H2,1-2H3,(H,27,28)(H2,23,24,26)/t18-/m0/s1. The maximum Gasteiger partial charge on any atom is 0.409 e. The Morgan fingerprint density at radius 1 is 1.10 bits per heavy atom. The first-order valence-corrected chi connectivity index (χ1v) is 9.71. The van der Waals surface area contributed by atoms with Crippen molar-refractivity contribution in [1.29, 1.82) is 0 Å². The highest BCUT2D eigenvalue weighted by molar-refractivity contribution is 6.30. The minimum absolute atomic E-state index is 0.176. The van der Waals surface area contributed by atoms with Gasteiger partial charge in [-0.2, -0.15) is 0 Å². The molecule has 29 heavy (non-hydrogen) atoms. The molecule has 1 saturated heterocycles. The molecule has 1 aliphatic rings. The zero-order valence-corrected chi connectivity index (χ0v) is 17.1. The van der Waals surface area contributed by atoms with E-state index >= 15 is 0 Å². The topological polar surface area (TPSA) is 90.9 Å². The highest BCUT2D eigenvalue weighted by atomic mass is 35.5. The molecule has 3 N–H and O–H groups in total. The van der Waals surface area contributed by atoms with Gasteiger partial charge in [-0.1, -0.05) is 23.7 Å². The van der Waals surface area contributed by atoms with E-state index in [2.05, 4.69) is 10.6 Å². The second kappa shape index (κ2) is 8.71. The molecule has 0 spiro atoms. The van der Waals surface area contributed by atoms with Crippen LogP contribution < -0.4 is 10.6 Å².